The van der Waals surface area contributed by atoms with Crippen molar-refractivity contribution in [2.45, 2.75) is 33.1 Å². The molecule has 0 bridgehead atoms. The zero-order valence-electron chi connectivity index (χ0n) is 11.1. The molecule has 2 heterocycles. The number of nitrogens with two attached hydrogens (primary N) is 1. The minimum Gasteiger partial charge on any atom is -0.384 e. The van der Waals surface area contributed by atoms with E-state index in [-0.39, 0.29) is 0 Å². The Morgan fingerprint density at radius 2 is 2.17 bits per heavy atom. The Labute approximate surface area is 107 Å². The first-order valence-electron chi connectivity index (χ1n) is 6.30. The van der Waals surface area contributed by atoms with Crippen molar-refractivity contribution in [1.29, 1.82) is 5.26 Å². The van der Waals surface area contributed by atoms with E-state index >= 15 is 0 Å². The molecular formula is C14H18N4. The summed E-state index contributed by atoms with van der Waals surface area (Å²) in [6.45, 7) is 4.28. The molecule has 4 heteroatoms. The van der Waals surface area contributed by atoms with E-state index in [0.717, 1.165) is 25.0 Å². The monoisotopic (exact) mass is 242 g/mol. The van der Waals surface area contributed by atoms with E-state index in [1.807, 2.05) is 4.57 Å². The molecule has 0 fully saturated rings. The van der Waals surface area contributed by atoms with Crippen LogP contribution in [0.4, 0.5) is 0 Å². The predicted octanol–water partition coefficient (Wildman–Crippen LogP) is 2.09. The molecule has 0 atom stereocenters. The molecule has 0 amide bonds. The summed E-state index contributed by atoms with van der Waals surface area (Å²) in [5.41, 5.74) is 10.8. The van der Waals surface area contributed by atoms with Gasteiger partial charge in [0.1, 0.15) is 23.2 Å². The van der Waals surface area contributed by atoms with Gasteiger partial charge in [0.05, 0.1) is 5.69 Å². The average Bonchev–Trinajstić information content (AvgIpc) is 2.85. The van der Waals surface area contributed by atoms with Crippen LogP contribution in [0.2, 0.25) is 0 Å². The Bertz CT molecular complexity index is 582. The Hall–Kier alpha value is -2.02. The molecule has 0 unspecified atom stereocenters. The van der Waals surface area contributed by atoms with Crippen molar-refractivity contribution in [2.75, 3.05) is 7.05 Å². The van der Waals surface area contributed by atoms with E-state index in [1.54, 1.807) is 7.05 Å². The molecule has 0 saturated heterocycles. The quantitative estimate of drug-likeness (QED) is 0.881. The van der Waals surface area contributed by atoms with Crippen LogP contribution in [-0.4, -0.2) is 17.3 Å². The van der Waals surface area contributed by atoms with Gasteiger partial charge in [-0.3, -0.25) is 9.56 Å². The molecule has 1 aromatic heterocycles. The Kier molecular flexibility index (Phi) is 3.24. The SMILES string of the molecule is CCCc1c(CC)cc2n1C(N)=C(C#N)C2=NC. The minimum atomic E-state index is 0.493. The summed E-state index contributed by atoms with van der Waals surface area (Å²) in [7, 11) is 1.70. The Balaban J connectivity index is 2.71. The number of aromatic nitrogens is 1. The smallest absolute Gasteiger partial charge is 0.128 e. The van der Waals surface area contributed by atoms with Gasteiger partial charge in [0, 0.05) is 12.7 Å². The number of hydrogen-bond donors (Lipinski definition) is 1. The van der Waals surface area contributed by atoms with E-state index in [9.17, 15) is 5.26 Å². The van der Waals surface area contributed by atoms with Crippen LogP contribution in [0, 0.1) is 11.3 Å². The Morgan fingerprint density at radius 1 is 1.44 bits per heavy atom. The van der Waals surface area contributed by atoms with Crippen LogP contribution in [0.1, 0.15) is 37.2 Å². The summed E-state index contributed by atoms with van der Waals surface area (Å²) in [5, 5.41) is 9.19. The summed E-state index contributed by atoms with van der Waals surface area (Å²) in [4.78, 5) is 4.22. The van der Waals surface area contributed by atoms with E-state index < -0.39 is 0 Å². The van der Waals surface area contributed by atoms with Crippen molar-refractivity contribution in [1.82, 2.24) is 4.57 Å². The van der Waals surface area contributed by atoms with Crippen molar-refractivity contribution in [3.8, 4) is 6.07 Å². The summed E-state index contributed by atoms with van der Waals surface area (Å²) in [6.07, 6.45) is 3.01. The maximum atomic E-state index is 9.19. The van der Waals surface area contributed by atoms with Gasteiger partial charge in [0.2, 0.25) is 0 Å². The summed E-state index contributed by atoms with van der Waals surface area (Å²) in [6, 6.07) is 4.27. The first-order valence-corrected chi connectivity index (χ1v) is 6.30. The first-order chi connectivity index (χ1) is 8.69. The highest BCUT2D eigenvalue weighted by Crippen LogP contribution is 2.30. The first kappa shape index (κ1) is 12.4. The van der Waals surface area contributed by atoms with Crippen LogP contribution in [-0.2, 0) is 12.8 Å². The van der Waals surface area contributed by atoms with E-state index in [4.69, 9.17) is 5.73 Å². The molecule has 1 aliphatic heterocycles. The topological polar surface area (TPSA) is 67.1 Å². The number of nitrogens with zero attached hydrogens (tertiary/aromatic N) is 3. The molecule has 4 nitrogen and oxygen atoms in total. The molecule has 0 spiro atoms. The lowest BCUT2D eigenvalue weighted by Crippen LogP contribution is -2.09. The number of fused-ring (bicyclic) bond motifs is 1. The molecule has 2 N–H and O–H groups in total. The maximum absolute atomic E-state index is 9.19. The van der Waals surface area contributed by atoms with E-state index in [2.05, 4.69) is 31.0 Å². The fourth-order valence-electron chi connectivity index (χ4n) is 2.56. The van der Waals surface area contributed by atoms with Crippen LogP contribution in [0.3, 0.4) is 0 Å². The van der Waals surface area contributed by atoms with E-state index in [0.29, 0.717) is 17.1 Å². The summed E-state index contributed by atoms with van der Waals surface area (Å²) < 4.78 is 2.00. The molecule has 0 aliphatic carbocycles. The summed E-state index contributed by atoms with van der Waals surface area (Å²) >= 11 is 0. The highest BCUT2D eigenvalue weighted by molar-refractivity contribution is 6.21. The van der Waals surface area contributed by atoms with Crippen LogP contribution in [0.15, 0.2) is 16.6 Å². The molecule has 0 aromatic carbocycles. The zero-order chi connectivity index (χ0) is 13.3. The fraction of sp³-hybridized carbons (Fsp3) is 0.429. The highest BCUT2D eigenvalue weighted by atomic mass is 15.1. The van der Waals surface area contributed by atoms with Crippen molar-refractivity contribution < 1.29 is 0 Å². The number of allylic oxidation sites excluding steroid dienone is 1. The van der Waals surface area contributed by atoms with Gasteiger partial charge < -0.3 is 5.73 Å². The number of rotatable bonds is 3. The van der Waals surface area contributed by atoms with Crippen molar-refractivity contribution >= 4 is 11.5 Å². The van der Waals surface area contributed by atoms with Gasteiger partial charge in [0.25, 0.3) is 0 Å². The zero-order valence-corrected chi connectivity index (χ0v) is 11.1. The van der Waals surface area contributed by atoms with Crippen LogP contribution >= 0.6 is 0 Å². The van der Waals surface area contributed by atoms with Crippen LogP contribution in [0.5, 0.6) is 0 Å². The predicted molar refractivity (Wildman–Crippen MR) is 73.3 cm³/mol. The van der Waals surface area contributed by atoms with Gasteiger partial charge in [0.15, 0.2) is 0 Å². The second-order valence-electron chi connectivity index (χ2n) is 4.38. The van der Waals surface area contributed by atoms with Gasteiger partial charge in [-0.25, -0.2) is 0 Å². The third kappa shape index (κ3) is 1.55. The lowest BCUT2D eigenvalue weighted by molar-refractivity contribution is 0.830. The lowest BCUT2D eigenvalue weighted by Gasteiger charge is -2.08. The average molecular weight is 242 g/mol. The van der Waals surface area contributed by atoms with Gasteiger partial charge in [-0.05, 0) is 24.5 Å². The Morgan fingerprint density at radius 3 is 2.67 bits per heavy atom. The molecule has 0 saturated carbocycles. The minimum absolute atomic E-state index is 0.493. The molecule has 0 radical (unpaired) electrons. The third-order valence-corrected chi connectivity index (χ3v) is 3.37. The second kappa shape index (κ2) is 4.69. The molecular weight excluding hydrogens is 224 g/mol. The molecule has 1 aromatic rings. The van der Waals surface area contributed by atoms with Crippen molar-refractivity contribution in [2.24, 2.45) is 10.7 Å². The molecule has 94 valence electrons. The van der Waals surface area contributed by atoms with Gasteiger partial charge in [-0.1, -0.05) is 20.3 Å². The van der Waals surface area contributed by atoms with Gasteiger partial charge in [-0.15, -0.1) is 0 Å². The summed E-state index contributed by atoms with van der Waals surface area (Å²) in [5.74, 6) is 0.524. The van der Waals surface area contributed by atoms with Crippen LogP contribution in [0.25, 0.3) is 5.82 Å². The molecule has 2 rings (SSSR count). The molecule has 18 heavy (non-hydrogen) atoms. The number of aryl methyl sites for hydroxylation is 1. The molecule has 1 aliphatic rings. The van der Waals surface area contributed by atoms with Gasteiger partial charge in [-0.2, -0.15) is 5.26 Å². The largest absolute Gasteiger partial charge is 0.384 e. The number of hydrogen-bond acceptors (Lipinski definition) is 3. The van der Waals surface area contributed by atoms with Crippen molar-refractivity contribution in [3.05, 3.63) is 28.6 Å². The van der Waals surface area contributed by atoms with Crippen LogP contribution < -0.4 is 5.73 Å². The standard InChI is InChI=1S/C14H18N4/c1-4-6-11-9(5-2)7-12-13(17-3)10(8-15)14(16)18(11)12/h7H,4-6,16H2,1-3H3. The number of aliphatic imine (C=N–C) groups is 1. The second-order valence-corrected chi connectivity index (χ2v) is 4.38. The lowest BCUT2D eigenvalue weighted by atomic mass is 10.1. The van der Waals surface area contributed by atoms with E-state index in [1.165, 1.54) is 11.3 Å². The third-order valence-electron chi connectivity index (χ3n) is 3.37. The maximum Gasteiger partial charge on any atom is 0.128 e. The highest BCUT2D eigenvalue weighted by Gasteiger charge is 2.29. The fourth-order valence-corrected chi connectivity index (χ4v) is 2.56. The number of nitriles is 1. The van der Waals surface area contributed by atoms with Crippen molar-refractivity contribution in [3.63, 3.8) is 0 Å². The normalized spacial score (nSPS) is 16.2. The van der Waals surface area contributed by atoms with Gasteiger partial charge >= 0.3 is 0 Å².